The van der Waals surface area contributed by atoms with Crippen LogP contribution in [0.2, 0.25) is 0 Å². The summed E-state index contributed by atoms with van der Waals surface area (Å²) in [6.07, 6.45) is 0.0496. The molecule has 27 heavy (non-hydrogen) atoms. The molecule has 146 valence electrons. The van der Waals surface area contributed by atoms with Crippen molar-refractivity contribution < 1.29 is 27.8 Å². The Morgan fingerprint density at radius 2 is 1.74 bits per heavy atom. The van der Waals surface area contributed by atoms with E-state index in [-0.39, 0.29) is 11.3 Å². The third-order valence-electron chi connectivity index (χ3n) is 3.71. The van der Waals surface area contributed by atoms with Crippen LogP contribution < -0.4 is 9.46 Å². The second kappa shape index (κ2) is 10.1. The van der Waals surface area contributed by atoms with Crippen LogP contribution in [0.25, 0.3) is 0 Å². The number of benzene rings is 2. The zero-order valence-electron chi connectivity index (χ0n) is 15.0. The van der Waals surface area contributed by atoms with Gasteiger partial charge in [-0.3, -0.25) is 4.79 Å². The number of carbonyl (C=O) groups is 1. The van der Waals surface area contributed by atoms with Crippen LogP contribution in [-0.2, 0) is 26.0 Å². The molecule has 2 N–H and O–H groups in total. The highest BCUT2D eigenvalue weighted by molar-refractivity contribution is 7.89. The molecule has 0 spiro atoms. The number of hydrogen-bond donors (Lipinski definition) is 2. The van der Waals surface area contributed by atoms with E-state index in [0.29, 0.717) is 25.6 Å². The Labute approximate surface area is 159 Å². The van der Waals surface area contributed by atoms with Crippen molar-refractivity contribution in [2.75, 3.05) is 19.8 Å². The lowest BCUT2D eigenvalue weighted by molar-refractivity contribution is -0.138. The summed E-state index contributed by atoms with van der Waals surface area (Å²) in [5.41, 5.74) is 0.727. The van der Waals surface area contributed by atoms with Crippen molar-refractivity contribution in [3.63, 3.8) is 0 Å². The molecule has 0 aliphatic carbocycles. The highest BCUT2D eigenvalue weighted by Gasteiger charge is 2.25. The predicted molar refractivity (Wildman–Crippen MR) is 100 cm³/mol. The van der Waals surface area contributed by atoms with E-state index in [2.05, 4.69) is 4.72 Å². The molecule has 2 rings (SSSR count). The fourth-order valence-electron chi connectivity index (χ4n) is 2.36. The molecule has 2 aromatic rings. The van der Waals surface area contributed by atoms with Gasteiger partial charge in [-0.2, -0.15) is 4.72 Å². The van der Waals surface area contributed by atoms with Gasteiger partial charge >= 0.3 is 5.97 Å². The van der Waals surface area contributed by atoms with Crippen molar-refractivity contribution >= 4 is 16.0 Å². The fourth-order valence-corrected chi connectivity index (χ4v) is 3.55. The van der Waals surface area contributed by atoms with Crippen molar-refractivity contribution in [3.8, 4) is 5.75 Å². The summed E-state index contributed by atoms with van der Waals surface area (Å²) >= 11 is 0. The molecule has 7 nitrogen and oxygen atoms in total. The molecule has 0 heterocycles. The van der Waals surface area contributed by atoms with E-state index in [1.807, 2.05) is 6.92 Å². The van der Waals surface area contributed by atoms with Gasteiger partial charge in [0.1, 0.15) is 18.4 Å². The molecular formula is C19H23NO6S. The molecular weight excluding hydrogens is 370 g/mol. The first-order valence-electron chi connectivity index (χ1n) is 8.52. The Morgan fingerprint density at radius 1 is 1.07 bits per heavy atom. The molecule has 0 unspecified atom stereocenters. The summed E-state index contributed by atoms with van der Waals surface area (Å²) in [5.74, 6) is -0.731. The Morgan fingerprint density at radius 3 is 2.33 bits per heavy atom. The number of nitrogens with one attached hydrogen (secondary N) is 1. The van der Waals surface area contributed by atoms with Crippen LogP contribution in [0.4, 0.5) is 0 Å². The minimum Gasteiger partial charge on any atom is -0.491 e. The molecule has 0 saturated heterocycles. The summed E-state index contributed by atoms with van der Waals surface area (Å²) in [4.78, 5) is 11.5. The molecule has 0 bridgehead atoms. The van der Waals surface area contributed by atoms with Gasteiger partial charge in [-0.1, -0.05) is 30.3 Å². The van der Waals surface area contributed by atoms with Gasteiger partial charge in [-0.15, -0.1) is 0 Å². The van der Waals surface area contributed by atoms with E-state index in [4.69, 9.17) is 9.47 Å². The molecule has 2 aromatic carbocycles. The minimum absolute atomic E-state index is 0.0287. The number of carboxylic acid groups (broad SMARTS) is 1. The number of rotatable bonds is 11. The first kappa shape index (κ1) is 20.9. The lowest BCUT2D eigenvalue weighted by Crippen LogP contribution is -2.42. The largest absolute Gasteiger partial charge is 0.491 e. The Kier molecular flexibility index (Phi) is 7.78. The van der Waals surface area contributed by atoms with Crippen molar-refractivity contribution in [2.45, 2.75) is 24.3 Å². The van der Waals surface area contributed by atoms with E-state index in [1.165, 1.54) is 24.3 Å². The zero-order chi connectivity index (χ0) is 19.7. The Hall–Kier alpha value is -2.42. The van der Waals surface area contributed by atoms with Crippen molar-refractivity contribution in [1.82, 2.24) is 4.72 Å². The third kappa shape index (κ3) is 6.67. The highest BCUT2D eigenvalue weighted by atomic mass is 32.2. The minimum atomic E-state index is -3.98. The van der Waals surface area contributed by atoms with E-state index in [0.717, 1.165) is 5.56 Å². The number of ether oxygens (including phenoxy) is 2. The average Bonchev–Trinajstić information content (AvgIpc) is 2.66. The summed E-state index contributed by atoms with van der Waals surface area (Å²) in [5, 5.41) is 9.37. The van der Waals surface area contributed by atoms with Crippen LogP contribution in [0.3, 0.4) is 0 Å². The van der Waals surface area contributed by atoms with E-state index < -0.39 is 22.0 Å². The SMILES string of the molecule is CCOCCOc1ccc(S(=O)(=O)N[C@@H](Cc2ccccc2)C(=O)O)cc1. The van der Waals surface area contributed by atoms with Crippen LogP contribution in [0.15, 0.2) is 59.5 Å². The van der Waals surface area contributed by atoms with Crippen LogP contribution >= 0.6 is 0 Å². The molecule has 0 fully saturated rings. The topological polar surface area (TPSA) is 102 Å². The van der Waals surface area contributed by atoms with Crippen LogP contribution in [0.1, 0.15) is 12.5 Å². The lowest BCUT2D eigenvalue weighted by Gasteiger charge is -2.15. The molecule has 0 aliphatic rings. The van der Waals surface area contributed by atoms with Crippen molar-refractivity contribution in [3.05, 3.63) is 60.2 Å². The number of carboxylic acids is 1. The van der Waals surface area contributed by atoms with E-state index in [9.17, 15) is 18.3 Å². The summed E-state index contributed by atoms with van der Waals surface area (Å²) < 4.78 is 37.9. The van der Waals surface area contributed by atoms with Gasteiger partial charge in [0.05, 0.1) is 11.5 Å². The first-order chi connectivity index (χ1) is 12.9. The van der Waals surface area contributed by atoms with E-state index in [1.54, 1.807) is 30.3 Å². The number of sulfonamides is 1. The molecule has 0 aliphatic heterocycles. The molecule has 1 atom stereocenters. The van der Waals surface area contributed by atoms with Gasteiger partial charge < -0.3 is 14.6 Å². The number of hydrogen-bond acceptors (Lipinski definition) is 5. The summed E-state index contributed by atoms with van der Waals surface area (Å²) in [6.45, 7) is 3.28. The van der Waals surface area contributed by atoms with Gasteiger partial charge in [-0.25, -0.2) is 8.42 Å². The second-order valence-electron chi connectivity index (χ2n) is 5.72. The standard InChI is InChI=1S/C19H23NO6S/c1-2-25-12-13-26-16-8-10-17(11-9-16)27(23,24)20-18(19(21)22)14-15-6-4-3-5-7-15/h3-11,18,20H,2,12-14H2,1H3,(H,21,22)/t18-/m0/s1. The molecule has 0 amide bonds. The number of aliphatic carboxylic acids is 1. The Bertz CT molecular complexity index is 821. The summed E-state index contributed by atoms with van der Waals surface area (Å²) in [6, 6.07) is 13.4. The monoisotopic (exact) mass is 393 g/mol. The van der Waals surface area contributed by atoms with Crippen molar-refractivity contribution in [1.29, 1.82) is 0 Å². The van der Waals surface area contributed by atoms with Gasteiger partial charge in [0, 0.05) is 6.61 Å². The molecule has 0 radical (unpaired) electrons. The predicted octanol–water partition coefficient (Wildman–Crippen LogP) is 2.08. The van der Waals surface area contributed by atoms with Crippen LogP contribution in [0.5, 0.6) is 5.75 Å². The first-order valence-corrected chi connectivity index (χ1v) is 10.0. The fraction of sp³-hybridized carbons (Fsp3) is 0.316. The smallest absolute Gasteiger partial charge is 0.322 e. The van der Waals surface area contributed by atoms with Crippen LogP contribution in [-0.4, -0.2) is 45.4 Å². The van der Waals surface area contributed by atoms with E-state index >= 15 is 0 Å². The maximum atomic E-state index is 12.5. The van der Waals surface area contributed by atoms with Gasteiger partial charge in [-0.05, 0) is 43.2 Å². The summed E-state index contributed by atoms with van der Waals surface area (Å²) in [7, 11) is -3.98. The lowest BCUT2D eigenvalue weighted by atomic mass is 10.1. The third-order valence-corrected chi connectivity index (χ3v) is 5.20. The quantitative estimate of drug-likeness (QED) is 0.567. The maximum absolute atomic E-state index is 12.5. The molecule has 0 aromatic heterocycles. The Balaban J connectivity index is 2.03. The maximum Gasteiger partial charge on any atom is 0.322 e. The average molecular weight is 393 g/mol. The second-order valence-corrected chi connectivity index (χ2v) is 7.43. The zero-order valence-corrected chi connectivity index (χ0v) is 15.8. The highest BCUT2D eigenvalue weighted by Crippen LogP contribution is 2.17. The molecule has 0 saturated carbocycles. The van der Waals surface area contributed by atoms with Gasteiger partial charge in [0.15, 0.2) is 0 Å². The normalized spacial score (nSPS) is 12.5. The van der Waals surface area contributed by atoms with Gasteiger partial charge in [0.2, 0.25) is 10.0 Å². The van der Waals surface area contributed by atoms with Gasteiger partial charge in [0.25, 0.3) is 0 Å². The van der Waals surface area contributed by atoms with Crippen molar-refractivity contribution in [2.24, 2.45) is 0 Å². The molecule has 8 heteroatoms. The van der Waals surface area contributed by atoms with Crippen LogP contribution in [0, 0.1) is 0 Å².